The highest BCUT2D eigenvalue weighted by molar-refractivity contribution is 7.88. The Morgan fingerprint density at radius 1 is 0.586 bits per heavy atom. The molecule has 0 aromatic heterocycles. The number of ether oxygens (including phenoxy) is 2. The lowest BCUT2D eigenvalue weighted by molar-refractivity contribution is -0.138. The summed E-state index contributed by atoms with van der Waals surface area (Å²) < 4.78 is 33.5. The second-order valence-electron chi connectivity index (χ2n) is 24.9. The van der Waals surface area contributed by atoms with Crippen LogP contribution in [0.1, 0.15) is 210 Å². The van der Waals surface area contributed by atoms with E-state index in [0.717, 1.165) is 50.8 Å². The maximum atomic E-state index is 11.5. The van der Waals surface area contributed by atoms with Gasteiger partial charge in [-0.3, -0.25) is 28.8 Å². The van der Waals surface area contributed by atoms with Crippen LogP contribution in [-0.4, -0.2) is 166 Å². The molecule has 0 spiro atoms. The van der Waals surface area contributed by atoms with Gasteiger partial charge >= 0.3 is 0 Å². The van der Waals surface area contributed by atoms with Crippen molar-refractivity contribution < 1.29 is 62.0 Å². The first kappa shape index (κ1) is 96.3. The van der Waals surface area contributed by atoms with E-state index < -0.39 is 10.0 Å². The number of nitrogens with zero attached hydrogens (tertiary/aromatic N) is 1. The third-order valence-electron chi connectivity index (χ3n) is 10.2. The molecular formula is C65H134N8O13S. The number of morpholine rings is 1. The van der Waals surface area contributed by atoms with E-state index in [4.69, 9.17) is 25.4 Å². The van der Waals surface area contributed by atoms with Crippen molar-refractivity contribution in [2.75, 3.05) is 65.5 Å². The lowest BCUT2D eigenvalue weighted by Crippen LogP contribution is -2.42. The predicted molar refractivity (Wildman–Crippen MR) is 359 cm³/mol. The van der Waals surface area contributed by atoms with E-state index in [2.05, 4.69) is 59.0 Å². The molecule has 0 aliphatic carbocycles. The largest absolute Gasteiger partial charge is 0.396 e. The third-order valence-corrected chi connectivity index (χ3v) is 11.1. The number of amides is 6. The summed E-state index contributed by atoms with van der Waals surface area (Å²) >= 11 is 0. The van der Waals surface area contributed by atoms with Gasteiger partial charge < -0.3 is 62.0 Å². The number of benzene rings is 1. The normalized spacial score (nSPS) is 13.9. The fourth-order valence-electron chi connectivity index (χ4n) is 6.03. The van der Waals surface area contributed by atoms with Gasteiger partial charge in [-0.15, -0.1) is 0 Å². The van der Waals surface area contributed by atoms with Gasteiger partial charge in [-0.2, -0.15) is 0 Å². The summed E-state index contributed by atoms with van der Waals surface area (Å²) in [6.07, 6.45) is 5.69. The lowest BCUT2D eigenvalue weighted by Gasteiger charge is -2.28. The highest BCUT2D eigenvalue weighted by Crippen LogP contribution is 2.13. The van der Waals surface area contributed by atoms with Gasteiger partial charge in [-0.1, -0.05) is 161 Å². The van der Waals surface area contributed by atoms with Crippen molar-refractivity contribution in [1.29, 1.82) is 0 Å². The molecule has 21 nitrogen and oxygen atoms in total. The summed E-state index contributed by atoms with van der Waals surface area (Å²) in [7, 11) is -2.97. The first-order valence-electron chi connectivity index (χ1n) is 31.6. The fraction of sp³-hybridized carbons (Fsp3) is 0.815. The molecule has 1 aromatic carbocycles. The molecular weight excluding hydrogens is 1130 g/mol. The monoisotopic (exact) mass is 1270 g/mol. The molecule has 0 bridgehead atoms. The van der Waals surface area contributed by atoms with Crippen molar-refractivity contribution in [1.82, 2.24) is 36.2 Å². The Kier molecular flexibility index (Phi) is 67.1. The number of hydrogen-bond acceptors (Lipinski definition) is 14. The Morgan fingerprint density at radius 2 is 1.00 bits per heavy atom. The van der Waals surface area contributed by atoms with Crippen LogP contribution in [0.25, 0.3) is 0 Å². The number of nitrogens with two attached hydrogens (primary N) is 1. The van der Waals surface area contributed by atoms with Crippen LogP contribution in [0.15, 0.2) is 30.3 Å². The quantitative estimate of drug-likeness (QED) is 0.0625. The zero-order chi connectivity index (χ0) is 69.6. The SMILES string of the molecule is CC(=O)NC(C)C.CC(C)C(=O)N1CCOCC1.CC(C)C(=O)NC(CO)c1ccccc1.CC(C)C(=O)NCC1CCCO1.CC(C)CC(CO)NC(=O)C(C)C.CC(C)CO.CC(C)N.CC(C)NC(=O)C(C)C.CC(C)NS(C)(=O)=O.CCC. The molecule has 11 N–H and O–H groups in total. The molecule has 22 heteroatoms. The van der Waals surface area contributed by atoms with Crippen molar-refractivity contribution >= 4 is 45.5 Å². The fourth-order valence-corrected chi connectivity index (χ4v) is 6.89. The van der Waals surface area contributed by atoms with Gasteiger partial charge in [0, 0.05) is 87.5 Å². The van der Waals surface area contributed by atoms with Crippen LogP contribution < -0.4 is 37.0 Å². The van der Waals surface area contributed by atoms with Crippen LogP contribution in [0.5, 0.6) is 0 Å². The van der Waals surface area contributed by atoms with Crippen LogP contribution in [0.3, 0.4) is 0 Å². The Hall–Kier alpha value is -4.29. The topological polar surface area (TPSA) is 317 Å². The maximum Gasteiger partial charge on any atom is 0.225 e. The van der Waals surface area contributed by atoms with Gasteiger partial charge in [0.25, 0.3) is 0 Å². The highest BCUT2D eigenvalue weighted by Gasteiger charge is 2.20. The smallest absolute Gasteiger partial charge is 0.225 e. The van der Waals surface area contributed by atoms with Crippen molar-refractivity contribution in [3.8, 4) is 0 Å². The first-order chi connectivity index (χ1) is 40.0. The predicted octanol–water partition coefficient (Wildman–Crippen LogP) is 8.14. The zero-order valence-corrected chi connectivity index (χ0v) is 60.3. The van der Waals surface area contributed by atoms with Crippen LogP contribution >= 0.6 is 0 Å². The molecule has 518 valence electrons. The first-order valence-corrected chi connectivity index (χ1v) is 33.5. The molecule has 2 saturated heterocycles. The number of nitrogens with one attached hydrogen (secondary N) is 6. The third kappa shape index (κ3) is 75.9. The molecule has 2 aliphatic rings. The minimum Gasteiger partial charge on any atom is -0.396 e. The van der Waals surface area contributed by atoms with E-state index in [9.17, 15) is 42.3 Å². The second kappa shape index (κ2) is 60.6. The van der Waals surface area contributed by atoms with E-state index in [-0.39, 0.29) is 115 Å². The molecule has 2 heterocycles. The Balaban J connectivity index is -0.000000168. The molecule has 1 aromatic rings. The molecule has 6 amide bonds. The molecule has 2 aliphatic heterocycles. The minimum absolute atomic E-state index is 0.00463. The number of carbonyl (C=O) groups excluding carboxylic acids is 6. The Bertz CT molecular complexity index is 1910. The molecule has 3 unspecified atom stereocenters. The van der Waals surface area contributed by atoms with Gasteiger partial charge in [-0.05, 0) is 84.2 Å². The summed E-state index contributed by atoms with van der Waals surface area (Å²) in [5, 5.41) is 40.3. The summed E-state index contributed by atoms with van der Waals surface area (Å²) in [6, 6.07) is 9.95. The average Bonchev–Trinajstić information content (AvgIpc) is 4.03. The van der Waals surface area contributed by atoms with Gasteiger partial charge in [-0.25, -0.2) is 13.1 Å². The maximum absolute atomic E-state index is 11.5. The van der Waals surface area contributed by atoms with Crippen molar-refractivity contribution in [3.63, 3.8) is 0 Å². The molecule has 3 rings (SSSR count). The van der Waals surface area contributed by atoms with Crippen LogP contribution in [0, 0.1) is 41.4 Å². The number of sulfonamides is 1. The van der Waals surface area contributed by atoms with Gasteiger partial charge in [0.15, 0.2) is 0 Å². The van der Waals surface area contributed by atoms with Crippen molar-refractivity contribution in [2.45, 2.75) is 241 Å². The molecule has 3 atom stereocenters. The Morgan fingerprint density at radius 3 is 1.26 bits per heavy atom. The Labute approximate surface area is 531 Å². The van der Waals surface area contributed by atoms with Crippen molar-refractivity contribution in [2.24, 2.45) is 47.2 Å². The molecule has 0 saturated carbocycles. The van der Waals surface area contributed by atoms with E-state index in [1.165, 1.54) is 13.3 Å². The minimum atomic E-state index is -2.97. The average molecular weight is 1270 g/mol. The molecule has 0 radical (unpaired) electrons. The summed E-state index contributed by atoms with van der Waals surface area (Å²) in [5.41, 5.74) is 6.04. The van der Waals surface area contributed by atoms with E-state index in [1.54, 1.807) is 13.8 Å². The van der Waals surface area contributed by atoms with Gasteiger partial charge in [0.2, 0.25) is 45.5 Å². The highest BCUT2D eigenvalue weighted by atomic mass is 32.2. The van der Waals surface area contributed by atoms with Gasteiger partial charge in [0.05, 0.1) is 50.9 Å². The van der Waals surface area contributed by atoms with E-state index >= 15 is 0 Å². The van der Waals surface area contributed by atoms with E-state index in [1.807, 2.05) is 160 Å². The summed E-state index contributed by atoms with van der Waals surface area (Å²) in [4.78, 5) is 68.1. The second-order valence-corrected chi connectivity index (χ2v) is 26.6. The zero-order valence-electron chi connectivity index (χ0n) is 59.5. The number of aliphatic hydroxyl groups is 3. The van der Waals surface area contributed by atoms with Crippen LogP contribution in [0.2, 0.25) is 0 Å². The number of carbonyl (C=O) groups is 6. The molecule has 2 fully saturated rings. The molecule has 87 heavy (non-hydrogen) atoms. The number of aliphatic hydroxyl groups excluding tert-OH is 3. The van der Waals surface area contributed by atoms with Gasteiger partial charge in [0.1, 0.15) is 0 Å². The summed E-state index contributed by atoms with van der Waals surface area (Å²) in [5.74, 6) is 1.65. The van der Waals surface area contributed by atoms with Crippen LogP contribution in [0.4, 0.5) is 0 Å². The number of hydrogen-bond donors (Lipinski definition) is 10. The number of rotatable bonds is 19. The van der Waals surface area contributed by atoms with Crippen molar-refractivity contribution in [3.05, 3.63) is 35.9 Å². The lowest BCUT2D eigenvalue weighted by atomic mass is 10.0. The van der Waals surface area contributed by atoms with Crippen LogP contribution in [-0.2, 0) is 48.3 Å². The summed E-state index contributed by atoms with van der Waals surface area (Å²) in [6.45, 7) is 52.5. The standard InChI is InChI=1S/C12H17NO2.C10H21NO2.C9H17NO2.C8H15NO2.C7H15NO.C5H11NO.C4H11NO2S.C4H10O.C3H9N.C3H8/c1-9(2)12(15)13-11(8-14)10-6-4-3-5-7-10;1-7(2)5-9(6-12)11-10(13)8(3)4;1-7(2)9(11)10-6-8-4-3-5-12-8;1-7(2)8(10)9-3-5-11-6-4-9;1-5(2)7(9)8-6(3)4;1-4(2)6-5(3)7;1-4(2)5-8(3,6)7;1-4(2)3-5;1-3(2)4;1-3-2/h3-7,9,11,14H,8H2,1-2H3,(H,13,15);7-9,12H,5-6H2,1-4H3,(H,11,13);7-8H,3-6H2,1-2H3,(H,10,11);7H,3-6H2,1-2H3;5-6H,1-4H3,(H,8,9);4H,1-3H3,(H,6,7);4-5H,1-3H3;4-5H,3H2,1-2H3;3H,4H2,1-2H3;3H2,1-2H3. The van der Waals surface area contributed by atoms with E-state index in [0.29, 0.717) is 44.2 Å².